The molecule has 0 bridgehead atoms. The summed E-state index contributed by atoms with van der Waals surface area (Å²) in [5.74, 6) is 5.43. The van der Waals surface area contributed by atoms with E-state index in [0.29, 0.717) is 28.7 Å². The zero-order chi connectivity index (χ0) is 24.4. The fourth-order valence-corrected chi connectivity index (χ4v) is 4.28. The van der Waals surface area contributed by atoms with Gasteiger partial charge in [-0.15, -0.1) is 0 Å². The number of esters is 1. The Bertz CT molecular complexity index is 1200. The third kappa shape index (κ3) is 5.57. The summed E-state index contributed by atoms with van der Waals surface area (Å²) in [4.78, 5) is 11.7. The van der Waals surface area contributed by atoms with Crippen LogP contribution in [-0.4, -0.2) is 26.5 Å². The SMILES string of the molecule is CCOC(=O)c1ccc(C#Cc2ccc3c(c2)C(OS(=O)(=O)C(F)(F)F)CCC3(C)C)cc1. The number of halogens is 3. The Balaban J connectivity index is 1.91. The predicted molar refractivity (Wildman–Crippen MR) is 116 cm³/mol. The largest absolute Gasteiger partial charge is 0.523 e. The second-order valence-electron chi connectivity index (χ2n) is 8.26. The highest BCUT2D eigenvalue weighted by Crippen LogP contribution is 2.45. The maximum atomic E-state index is 12.9. The molecule has 0 saturated heterocycles. The number of rotatable bonds is 4. The van der Waals surface area contributed by atoms with Gasteiger partial charge in [0.25, 0.3) is 0 Å². The quantitative estimate of drug-likeness (QED) is 0.259. The Morgan fingerprint density at radius 1 is 1.09 bits per heavy atom. The molecule has 0 heterocycles. The third-order valence-corrected chi connectivity index (χ3v) is 6.49. The lowest BCUT2D eigenvalue weighted by atomic mass is 9.71. The number of fused-ring (bicyclic) bond motifs is 1. The molecule has 0 N–H and O–H groups in total. The van der Waals surface area contributed by atoms with Crippen molar-refractivity contribution in [1.82, 2.24) is 0 Å². The molecule has 0 saturated carbocycles. The van der Waals surface area contributed by atoms with Gasteiger partial charge in [0.05, 0.1) is 12.2 Å². The molecule has 2 aromatic carbocycles. The van der Waals surface area contributed by atoms with E-state index in [9.17, 15) is 26.4 Å². The monoisotopic (exact) mass is 480 g/mol. The number of ether oxygens (including phenoxy) is 1. The summed E-state index contributed by atoms with van der Waals surface area (Å²) in [5, 5.41) is 0. The van der Waals surface area contributed by atoms with Gasteiger partial charge in [0.15, 0.2) is 0 Å². The van der Waals surface area contributed by atoms with Gasteiger partial charge in [0.1, 0.15) is 6.10 Å². The van der Waals surface area contributed by atoms with Gasteiger partial charge >= 0.3 is 21.6 Å². The van der Waals surface area contributed by atoms with Crippen molar-refractivity contribution in [2.75, 3.05) is 6.61 Å². The van der Waals surface area contributed by atoms with E-state index < -0.39 is 27.7 Å². The van der Waals surface area contributed by atoms with E-state index in [1.54, 1.807) is 49.4 Å². The summed E-state index contributed by atoms with van der Waals surface area (Å²) in [6.07, 6.45) is -0.650. The zero-order valence-corrected chi connectivity index (χ0v) is 19.1. The van der Waals surface area contributed by atoms with Crippen LogP contribution in [0.15, 0.2) is 42.5 Å². The average Bonchev–Trinajstić information content (AvgIpc) is 2.74. The van der Waals surface area contributed by atoms with Gasteiger partial charge in [-0.05, 0) is 72.7 Å². The number of alkyl halides is 3. The van der Waals surface area contributed by atoms with Gasteiger partial charge in [-0.3, -0.25) is 4.18 Å². The topological polar surface area (TPSA) is 69.7 Å². The van der Waals surface area contributed by atoms with E-state index in [0.717, 1.165) is 5.56 Å². The second-order valence-corrected chi connectivity index (χ2v) is 9.82. The summed E-state index contributed by atoms with van der Waals surface area (Å²) in [5.41, 5.74) is -3.24. The highest BCUT2D eigenvalue weighted by atomic mass is 32.2. The molecular formula is C24H23F3O5S. The summed E-state index contributed by atoms with van der Waals surface area (Å²) < 4.78 is 71.3. The normalized spacial score (nSPS) is 17.5. The van der Waals surface area contributed by atoms with Crippen LogP contribution in [0.2, 0.25) is 0 Å². The molecule has 33 heavy (non-hydrogen) atoms. The standard InChI is InChI=1S/C24H23F3O5S/c1-4-31-22(28)18-10-7-16(8-11-18)5-6-17-9-12-20-19(15-17)21(13-14-23(20,2)3)32-33(29,30)24(25,26)27/h7-12,15,21H,4,13-14H2,1-3H3. The molecule has 1 atom stereocenters. The van der Waals surface area contributed by atoms with E-state index in [1.165, 1.54) is 0 Å². The Labute approximate surface area is 191 Å². The molecule has 0 amide bonds. The van der Waals surface area contributed by atoms with Crippen LogP contribution in [0.1, 0.15) is 72.3 Å². The first-order valence-corrected chi connectivity index (χ1v) is 11.7. The van der Waals surface area contributed by atoms with E-state index in [4.69, 9.17) is 4.74 Å². The highest BCUT2D eigenvalue weighted by molar-refractivity contribution is 7.87. The Hall–Kier alpha value is -2.83. The number of benzene rings is 2. The van der Waals surface area contributed by atoms with Gasteiger partial charge in [-0.25, -0.2) is 4.79 Å². The molecule has 1 unspecified atom stereocenters. The molecule has 0 radical (unpaired) electrons. The fraction of sp³-hybridized carbons (Fsp3) is 0.375. The zero-order valence-electron chi connectivity index (χ0n) is 18.3. The highest BCUT2D eigenvalue weighted by Gasteiger charge is 2.49. The second kappa shape index (κ2) is 9.20. The lowest BCUT2D eigenvalue weighted by Crippen LogP contribution is -2.32. The van der Waals surface area contributed by atoms with Crippen molar-refractivity contribution < 1.29 is 35.3 Å². The van der Waals surface area contributed by atoms with Crippen molar-refractivity contribution in [3.8, 4) is 11.8 Å². The van der Waals surface area contributed by atoms with Crippen LogP contribution >= 0.6 is 0 Å². The molecule has 1 aliphatic rings. The molecule has 0 aliphatic heterocycles. The summed E-state index contributed by atoms with van der Waals surface area (Å²) in [7, 11) is -5.73. The minimum Gasteiger partial charge on any atom is -0.462 e. The average molecular weight is 481 g/mol. The van der Waals surface area contributed by atoms with Crippen molar-refractivity contribution >= 4 is 16.1 Å². The lowest BCUT2D eigenvalue weighted by molar-refractivity contribution is -0.0583. The van der Waals surface area contributed by atoms with E-state index >= 15 is 0 Å². The van der Waals surface area contributed by atoms with Crippen molar-refractivity contribution in [3.63, 3.8) is 0 Å². The predicted octanol–water partition coefficient (Wildman–Crippen LogP) is 5.24. The van der Waals surface area contributed by atoms with E-state index in [2.05, 4.69) is 16.0 Å². The molecule has 0 aromatic heterocycles. The van der Waals surface area contributed by atoms with Gasteiger partial charge in [-0.1, -0.05) is 31.8 Å². The maximum Gasteiger partial charge on any atom is 0.523 e. The molecule has 0 spiro atoms. The first-order valence-electron chi connectivity index (χ1n) is 10.3. The fourth-order valence-electron chi connectivity index (χ4n) is 3.66. The molecule has 1 aliphatic carbocycles. The molecule has 9 heteroatoms. The summed E-state index contributed by atoms with van der Waals surface area (Å²) in [6, 6.07) is 11.5. The minimum absolute atomic E-state index is 0.127. The molecule has 0 fully saturated rings. The van der Waals surface area contributed by atoms with E-state index in [1.807, 2.05) is 13.8 Å². The van der Waals surface area contributed by atoms with Gasteiger partial charge in [0, 0.05) is 11.1 Å². The first-order chi connectivity index (χ1) is 15.3. The van der Waals surface area contributed by atoms with Crippen LogP contribution in [0.5, 0.6) is 0 Å². The summed E-state index contributed by atoms with van der Waals surface area (Å²) >= 11 is 0. The van der Waals surface area contributed by atoms with Crippen LogP contribution in [0, 0.1) is 11.8 Å². The third-order valence-electron chi connectivity index (χ3n) is 5.43. The van der Waals surface area contributed by atoms with Crippen LogP contribution < -0.4 is 0 Å². The van der Waals surface area contributed by atoms with Gasteiger partial charge in [0.2, 0.25) is 0 Å². The number of hydrogen-bond acceptors (Lipinski definition) is 5. The molecule has 2 aromatic rings. The molecule has 176 valence electrons. The first kappa shape index (κ1) is 24.8. The number of hydrogen-bond donors (Lipinski definition) is 0. The molecular weight excluding hydrogens is 457 g/mol. The smallest absolute Gasteiger partial charge is 0.462 e. The maximum absolute atomic E-state index is 12.9. The molecule has 5 nitrogen and oxygen atoms in total. The van der Waals surface area contributed by atoms with Crippen LogP contribution in [0.4, 0.5) is 13.2 Å². The van der Waals surface area contributed by atoms with E-state index in [-0.39, 0.29) is 18.4 Å². The Kier molecular flexibility index (Phi) is 6.91. The minimum atomic E-state index is -5.73. The van der Waals surface area contributed by atoms with Crippen molar-refractivity contribution in [3.05, 3.63) is 70.3 Å². The lowest BCUT2D eigenvalue weighted by Gasteiger charge is -2.36. The van der Waals surface area contributed by atoms with Gasteiger partial charge < -0.3 is 4.74 Å². The van der Waals surface area contributed by atoms with Crippen molar-refractivity contribution in [1.29, 1.82) is 0 Å². The number of carbonyl (C=O) groups is 1. The van der Waals surface area contributed by atoms with Gasteiger partial charge in [-0.2, -0.15) is 21.6 Å². The van der Waals surface area contributed by atoms with Crippen molar-refractivity contribution in [2.45, 2.75) is 50.6 Å². The Morgan fingerprint density at radius 3 is 2.30 bits per heavy atom. The van der Waals surface area contributed by atoms with Crippen LogP contribution in [0.25, 0.3) is 0 Å². The summed E-state index contributed by atoms with van der Waals surface area (Å²) in [6.45, 7) is 5.86. The van der Waals surface area contributed by atoms with Crippen molar-refractivity contribution in [2.24, 2.45) is 0 Å². The Morgan fingerprint density at radius 2 is 1.70 bits per heavy atom. The van der Waals surface area contributed by atoms with Crippen LogP contribution in [0.3, 0.4) is 0 Å². The van der Waals surface area contributed by atoms with Crippen LogP contribution in [-0.2, 0) is 24.5 Å². The number of carbonyl (C=O) groups excluding carboxylic acids is 1. The molecule has 3 rings (SSSR count).